The number of hydrogen-bond donors (Lipinski definition) is 7. The van der Waals surface area contributed by atoms with E-state index in [0.717, 1.165) is 18.2 Å². The van der Waals surface area contributed by atoms with Gasteiger partial charge < -0.3 is 41.4 Å². The van der Waals surface area contributed by atoms with Crippen molar-refractivity contribution in [2.45, 2.75) is 18.4 Å². The standard InChI is InChI=1S/C23H24BClFN5O11S/c25-16-11(2-4-13(32)18(16)33)17(29-22(37)30-6-7-31(23(30)38)43(40,41)8-5-27)20(34)28-14-9-10-1-3-12(26)15(21(35)36)19(10)42-24(14)39/h1-4,14,17,32-33,39H,5-9,27H2,(H,28,34)(H,29,37)(H,35,36)/t14-,17?/m0/s1. The molecule has 5 amide bonds. The Labute approximate surface area is 248 Å². The number of carbonyl (C=O) groups is 4. The van der Waals surface area contributed by atoms with Crippen molar-refractivity contribution < 1.29 is 57.0 Å². The number of phenolic OH excluding ortho intramolecular Hbond substituents is 2. The molecule has 0 spiro atoms. The van der Waals surface area contributed by atoms with Crippen molar-refractivity contribution in [3.05, 3.63) is 51.8 Å². The van der Waals surface area contributed by atoms with Crippen molar-refractivity contribution in [1.82, 2.24) is 19.8 Å². The third kappa shape index (κ3) is 6.10. The van der Waals surface area contributed by atoms with Gasteiger partial charge in [0, 0.05) is 12.1 Å². The first-order valence-electron chi connectivity index (χ1n) is 12.4. The molecule has 230 valence electrons. The quantitative estimate of drug-likeness (QED) is 0.142. The number of phenols is 2. The van der Waals surface area contributed by atoms with Crippen LogP contribution in [0.2, 0.25) is 5.02 Å². The van der Waals surface area contributed by atoms with Crippen LogP contribution in [0.5, 0.6) is 17.2 Å². The number of urea groups is 2. The Bertz CT molecular complexity index is 1610. The molecule has 16 nitrogen and oxygen atoms in total. The number of benzene rings is 2. The van der Waals surface area contributed by atoms with E-state index in [4.69, 9.17) is 22.0 Å². The maximum atomic E-state index is 14.1. The Kier molecular flexibility index (Phi) is 8.91. The van der Waals surface area contributed by atoms with E-state index in [1.54, 1.807) is 0 Å². The number of halogens is 2. The first kappa shape index (κ1) is 31.6. The number of fused-ring (bicyclic) bond motifs is 1. The molecule has 8 N–H and O–H groups in total. The molecule has 1 fully saturated rings. The number of sulfonamides is 1. The lowest BCUT2D eigenvalue weighted by atomic mass is 9.72. The molecule has 0 radical (unpaired) electrons. The summed E-state index contributed by atoms with van der Waals surface area (Å²) in [6, 6.07) is -0.150. The van der Waals surface area contributed by atoms with Gasteiger partial charge in [0.25, 0.3) is 0 Å². The molecule has 0 aliphatic carbocycles. The molecular weight excluding hydrogens is 620 g/mol. The zero-order chi connectivity index (χ0) is 31.8. The Morgan fingerprint density at radius 1 is 1.21 bits per heavy atom. The zero-order valence-electron chi connectivity index (χ0n) is 21.9. The summed E-state index contributed by atoms with van der Waals surface area (Å²) in [6.07, 6.45) is -0.253. The summed E-state index contributed by atoms with van der Waals surface area (Å²) in [7, 11) is -6.02. The lowest BCUT2D eigenvalue weighted by Crippen LogP contribution is -2.56. The van der Waals surface area contributed by atoms with Crippen molar-refractivity contribution in [3.63, 3.8) is 0 Å². The van der Waals surface area contributed by atoms with Gasteiger partial charge in [-0.1, -0.05) is 23.7 Å². The molecule has 0 aromatic heterocycles. The number of aromatic hydroxyl groups is 2. The van der Waals surface area contributed by atoms with Gasteiger partial charge in [-0.2, -0.15) is 0 Å². The van der Waals surface area contributed by atoms with Gasteiger partial charge in [0.15, 0.2) is 11.5 Å². The zero-order valence-corrected chi connectivity index (χ0v) is 23.4. The van der Waals surface area contributed by atoms with Crippen molar-refractivity contribution in [2.75, 3.05) is 25.4 Å². The van der Waals surface area contributed by atoms with E-state index < -0.39 is 92.5 Å². The van der Waals surface area contributed by atoms with Gasteiger partial charge in [0.05, 0.1) is 29.8 Å². The number of nitrogens with zero attached hydrogens (tertiary/aromatic N) is 2. The predicted octanol–water partition coefficient (Wildman–Crippen LogP) is -0.495. The summed E-state index contributed by atoms with van der Waals surface area (Å²) in [6.45, 7) is -1.04. The van der Waals surface area contributed by atoms with Crippen LogP contribution >= 0.6 is 11.6 Å². The lowest BCUT2D eigenvalue weighted by Gasteiger charge is -2.31. The highest BCUT2D eigenvalue weighted by Crippen LogP contribution is 2.38. The van der Waals surface area contributed by atoms with E-state index in [1.165, 1.54) is 6.07 Å². The number of nitrogens with two attached hydrogens (primary N) is 1. The van der Waals surface area contributed by atoms with Crippen LogP contribution in [-0.2, 0) is 21.2 Å². The molecule has 20 heteroatoms. The van der Waals surface area contributed by atoms with E-state index in [1.807, 2.05) is 0 Å². The SMILES string of the molecule is NCCS(=O)(=O)N1CCN(C(=O)NC(C(=O)N[C@H]2Cc3ccc(F)c(C(=O)O)c3OB2O)c2ccc(O)c(O)c2Cl)C1=O. The maximum Gasteiger partial charge on any atom is 0.547 e. The molecular formula is C23H24BClFN5O11S. The van der Waals surface area contributed by atoms with Crippen molar-refractivity contribution >= 4 is 52.7 Å². The van der Waals surface area contributed by atoms with Crippen molar-refractivity contribution in [3.8, 4) is 17.2 Å². The van der Waals surface area contributed by atoms with E-state index in [2.05, 4.69) is 10.6 Å². The summed E-state index contributed by atoms with van der Waals surface area (Å²) in [5, 5.41) is 43.8. The smallest absolute Gasteiger partial charge is 0.534 e. The van der Waals surface area contributed by atoms with Crippen LogP contribution in [0.4, 0.5) is 14.0 Å². The summed E-state index contributed by atoms with van der Waals surface area (Å²) in [5.41, 5.74) is 4.31. The molecule has 2 aliphatic rings. The van der Waals surface area contributed by atoms with Crippen molar-refractivity contribution in [2.24, 2.45) is 5.73 Å². The van der Waals surface area contributed by atoms with E-state index in [-0.39, 0.29) is 37.2 Å². The summed E-state index contributed by atoms with van der Waals surface area (Å²) >= 11 is 6.14. The van der Waals surface area contributed by atoms with Crippen LogP contribution in [0, 0.1) is 5.82 Å². The van der Waals surface area contributed by atoms with Crippen LogP contribution in [0.1, 0.15) is 27.5 Å². The second-order valence-corrected chi connectivity index (χ2v) is 11.8. The summed E-state index contributed by atoms with van der Waals surface area (Å²) < 4.78 is 44.4. The minimum absolute atomic E-state index is 0.122. The fraction of sp³-hybridized carbons (Fsp3) is 0.304. The Morgan fingerprint density at radius 3 is 2.56 bits per heavy atom. The molecule has 1 unspecified atom stereocenters. The van der Waals surface area contributed by atoms with Gasteiger partial charge in [-0.15, -0.1) is 0 Å². The fourth-order valence-corrected chi connectivity index (χ4v) is 6.01. The number of imide groups is 1. The topological polar surface area (TPSA) is 249 Å². The largest absolute Gasteiger partial charge is 0.547 e. The van der Waals surface area contributed by atoms with Crippen molar-refractivity contribution in [1.29, 1.82) is 0 Å². The third-order valence-corrected chi connectivity index (χ3v) is 8.81. The lowest BCUT2D eigenvalue weighted by molar-refractivity contribution is -0.123. The third-order valence-electron chi connectivity index (χ3n) is 6.65. The van der Waals surface area contributed by atoms with Crippen LogP contribution in [0.3, 0.4) is 0 Å². The van der Waals surface area contributed by atoms with Crippen LogP contribution in [0.15, 0.2) is 24.3 Å². The molecule has 0 bridgehead atoms. The fourth-order valence-electron chi connectivity index (χ4n) is 4.53. The maximum absolute atomic E-state index is 14.1. The van der Waals surface area contributed by atoms with E-state index in [9.17, 15) is 52.3 Å². The molecule has 2 aliphatic heterocycles. The number of carboxylic acids is 1. The Balaban J connectivity index is 1.61. The molecule has 43 heavy (non-hydrogen) atoms. The van der Waals surface area contributed by atoms with Gasteiger partial charge in [-0.3, -0.25) is 4.79 Å². The number of amides is 5. The Hall–Kier alpha value is -4.33. The highest BCUT2D eigenvalue weighted by molar-refractivity contribution is 7.89. The van der Waals surface area contributed by atoms with Crippen LogP contribution < -0.4 is 21.0 Å². The average molecular weight is 644 g/mol. The average Bonchev–Trinajstić information content (AvgIpc) is 3.33. The van der Waals surface area contributed by atoms with Crippen LogP contribution in [0.25, 0.3) is 0 Å². The van der Waals surface area contributed by atoms with Gasteiger partial charge >= 0.3 is 25.1 Å². The number of carbonyl (C=O) groups excluding carboxylic acids is 3. The van der Waals surface area contributed by atoms with Gasteiger partial charge in [0.1, 0.15) is 23.2 Å². The number of hydrogen-bond acceptors (Lipinski definition) is 11. The van der Waals surface area contributed by atoms with Gasteiger partial charge in [-0.25, -0.2) is 36.4 Å². The normalized spacial score (nSPS) is 17.3. The number of carboxylic acid groups (broad SMARTS) is 1. The first-order chi connectivity index (χ1) is 20.2. The minimum atomic E-state index is -4.13. The molecule has 4 rings (SSSR count). The molecule has 2 heterocycles. The Morgan fingerprint density at radius 2 is 1.91 bits per heavy atom. The van der Waals surface area contributed by atoms with E-state index >= 15 is 0 Å². The molecule has 1 saturated heterocycles. The highest BCUT2D eigenvalue weighted by atomic mass is 35.5. The molecule has 2 aromatic rings. The number of rotatable bonds is 8. The molecule has 2 atom stereocenters. The van der Waals surface area contributed by atoms with Gasteiger partial charge in [-0.05, 0) is 24.1 Å². The second kappa shape index (κ2) is 12.1. The summed E-state index contributed by atoms with van der Waals surface area (Å²) in [4.78, 5) is 51.4. The van der Waals surface area contributed by atoms with Crippen LogP contribution in [-0.4, -0.2) is 100 Å². The number of nitrogens with one attached hydrogen (secondary N) is 2. The van der Waals surface area contributed by atoms with E-state index in [0.29, 0.717) is 9.21 Å². The second-order valence-electron chi connectivity index (χ2n) is 9.37. The highest BCUT2D eigenvalue weighted by Gasteiger charge is 2.43. The minimum Gasteiger partial charge on any atom is -0.534 e. The number of aromatic carboxylic acids is 1. The molecule has 2 aromatic carbocycles. The summed E-state index contributed by atoms with van der Waals surface area (Å²) in [5.74, 6) is -7.65. The predicted molar refractivity (Wildman–Crippen MR) is 145 cm³/mol. The van der Waals surface area contributed by atoms with Gasteiger partial charge in [0.2, 0.25) is 15.9 Å². The molecule has 0 saturated carbocycles. The monoisotopic (exact) mass is 643 g/mol. The first-order valence-corrected chi connectivity index (χ1v) is 14.4.